The lowest BCUT2D eigenvalue weighted by Crippen LogP contribution is -2.22. The highest BCUT2D eigenvalue weighted by Gasteiger charge is 2.15. The van der Waals surface area contributed by atoms with E-state index in [2.05, 4.69) is 27.2 Å². The van der Waals surface area contributed by atoms with Crippen LogP contribution in [0.15, 0.2) is 18.6 Å². The zero-order chi connectivity index (χ0) is 14.5. The Kier molecular flexibility index (Phi) is 4.70. The average molecular weight is 276 g/mol. The number of nitrogens with one attached hydrogen (secondary N) is 2. The molecule has 1 atom stereocenters. The van der Waals surface area contributed by atoms with Gasteiger partial charge in [-0.2, -0.15) is 0 Å². The second kappa shape index (κ2) is 6.49. The maximum atomic E-state index is 10.1. The number of nitrogens with zero attached hydrogens (tertiary/aromatic N) is 2. The highest BCUT2D eigenvalue weighted by atomic mass is 16.3. The molecule has 6 nitrogen and oxygen atoms in total. The fourth-order valence-electron chi connectivity index (χ4n) is 2.15. The normalized spacial score (nSPS) is 12.6. The van der Waals surface area contributed by atoms with Crippen LogP contribution in [0.5, 0.6) is 5.75 Å². The lowest BCUT2D eigenvalue weighted by molar-refractivity contribution is 0.278. The Labute approximate surface area is 117 Å². The van der Waals surface area contributed by atoms with E-state index in [0.29, 0.717) is 23.4 Å². The molecule has 2 rings (SSSR count). The minimum atomic E-state index is -0.143. The van der Waals surface area contributed by atoms with E-state index in [9.17, 15) is 10.2 Å². The fraction of sp³-hybridized carbons (Fsp3) is 0.429. The van der Waals surface area contributed by atoms with Crippen molar-refractivity contribution < 1.29 is 10.2 Å². The number of aliphatic hydroxyl groups is 1. The number of rotatable bonds is 6. The first-order valence-corrected chi connectivity index (χ1v) is 6.67. The summed E-state index contributed by atoms with van der Waals surface area (Å²) in [4.78, 5) is 11.4. The van der Waals surface area contributed by atoms with Crippen LogP contribution in [-0.2, 0) is 13.2 Å². The molecule has 2 aromatic heterocycles. The maximum absolute atomic E-state index is 10.1. The van der Waals surface area contributed by atoms with Crippen molar-refractivity contribution in [2.24, 2.45) is 0 Å². The maximum Gasteiger partial charge on any atom is 0.141 e. The SMILES string of the molecule is CCC(NCc1c(CO)cnc(C)c1O)c1ncc[nH]1. The molecule has 0 saturated carbocycles. The van der Waals surface area contributed by atoms with Gasteiger partial charge in [-0.05, 0) is 13.3 Å². The van der Waals surface area contributed by atoms with Crippen LogP contribution in [0.3, 0.4) is 0 Å². The molecule has 20 heavy (non-hydrogen) atoms. The minimum absolute atomic E-state index is 0.0735. The summed E-state index contributed by atoms with van der Waals surface area (Å²) in [7, 11) is 0. The number of hydrogen-bond donors (Lipinski definition) is 4. The number of hydrogen-bond acceptors (Lipinski definition) is 5. The molecule has 0 aliphatic carbocycles. The van der Waals surface area contributed by atoms with Gasteiger partial charge in [-0.3, -0.25) is 4.98 Å². The molecule has 2 aromatic rings. The second-order valence-corrected chi connectivity index (χ2v) is 4.67. The smallest absolute Gasteiger partial charge is 0.141 e. The lowest BCUT2D eigenvalue weighted by atomic mass is 10.1. The van der Waals surface area contributed by atoms with E-state index in [4.69, 9.17) is 0 Å². The first-order chi connectivity index (χ1) is 9.67. The van der Waals surface area contributed by atoms with Crippen LogP contribution in [0.4, 0.5) is 0 Å². The first kappa shape index (κ1) is 14.5. The summed E-state index contributed by atoms with van der Waals surface area (Å²) in [5, 5.41) is 22.8. The van der Waals surface area contributed by atoms with Gasteiger partial charge in [0.1, 0.15) is 11.6 Å². The Hall–Kier alpha value is -1.92. The van der Waals surface area contributed by atoms with E-state index in [1.54, 1.807) is 25.5 Å². The van der Waals surface area contributed by atoms with Gasteiger partial charge in [-0.25, -0.2) is 4.98 Å². The largest absolute Gasteiger partial charge is 0.506 e. The van der Waals surface area contributed by atoms with Crippen LogP contribution in [-0.4, -0.2) is 25.2 Å². The monoisotopic (exact) mass is 276 g/mol. The van der Waals surface area contributed by atoms with E-state index in [0.717, 1.165) is 12.2 Å². The van der Waals surface area contributed by atoms with Gasteiger partial charge in [0.15, 0.2) is 0 Å². The van der Waals surface area contributed by atoms with Gasteiger partial charge in [-0.15, -0.1) is 0 Å². The Morgan fingerprint density at radius 3 is 2.80 bits per heavy atom. The predicted octanol–water partition coefficient (Wildman–Crippen LogP) is 1.55. The van der Waals surface area contributed by atoms with Crippen molar-refractivity contribution in [1.82, 2.24) is 20.3 Å². The van der Waals surface area contributed by atoms with Crippen molar-refractivity contribution in [3.8, 4) is 5.75 Å². The molecule has 0 aliphatic heterocycles. The summed E-state index contributed by atoms with van der Waals surface area (Å²) < 4.78 is 0. The molecule has 4 N–H and O–H groups in total. The van der Waals surface area contributed by atoms with Gasteiger partial charge in [0.25, 0.3) is 0 Å². The molecule has 0 bridgehead atoms. The van der Waals surface area contributed by atoms with Crippen molar-refractivity contribution >= 4 is 0 Å². The van der Waals surface area contributed by atoms with Gasteiger partial charge < -0.3 is 20.5 Å². The van der Waals surface area contributed by atoms with Crippen LogP contribution in [0.2, 0.25) is 0 Å². The number of aliphatic hydroxyl groups excluding tert-OH is 1. The molecule has 0 fully saturated rings. The molecule has 0 radical (unpaired) electrons. The van der Waals surface area contributed by atoms with Gasteiger partial charge in [0, 0.05) is 36.3 Å². The van der Waals surface area contributed by atoms with Crippen molar-refractivity contribution in [2.45, 2.75) is 39.5 Å². The molecular formula is C14H20N4O2. The Morgan fingerprint density at radius 2 is 2.20 bits per heavy atom. The molecule has 6 heteroatoms. The number of H-pyrrole nitrogens is 1. The van der Waals surface area contributed by atoms with E-state index < -0.39 is 0 Å². The summed E-state index contributed by atoms with van der Waals surface area (Å²) in [6.45, 7) is 4.11. The summed E-state index contributed by atoms with van der Waals surface area (Å²) in [6.07, 6.45) is 5.96. The molecular weight excluding hydrogens is 256 g/mol. The number of aromatic amines is 1. The zero-order valence-electron chi connectivity index (χ0n) is 11.7. The van der Waals surface area contributed by atoms with E-state index in [1.165, 1.54) is 0 Å². The average Bonchev–Trinajstić information content (AvgIpc) is 2.98. The van der Waals surface area contributed by atoms with E-state index >= 15 is 0 Å². The van der Waals surface area contributed by atoms with Crippen LogP contribution in [0.25, 0.3) is 0 Å². The van der Waals surface area contributed by atoms with Crippen LogP contribution in [0.1, 0.15) is 42.0 Å². The van der Waals surface area contributed by atoms with Gasteiger partial charge in [0.2, 0.25) is 0 Å². The van der Waals surface area contributed by atoms with Crippen molar-refractivity contribution in [2.75, 3.05) is 0 Å². The molecule has 0 saturated heterocycles. The zero-order valence-corrected chi connectivity index (χ0v) is 11.7. The third-order valence-corrected chi connectivity index (χ3v) is 3.38. The predicted molar refractivity (Wildman–Crippen MR) is 75.0 cm³/mol. The van der Waals surface area contributed by atoms with Crippen LogP contribution < -0.4 is 5.32 Å². The minimum Gasteiger partial charge on any atom is -0.506 e. The molecule has 0 aliphatic rings. The number of imidazole rings is 1. The molecule has 0 spiro atoms. The van der Waals surface area contributed by atoms with Crippen molar-refractivity contribution in [3.05, 3.63) is 41.2 Å². The first-order valence-electron chi connectivity index (χ1n) is 6.67. The second-order valence-electron chi connectivity index (χ2n) is 4.67. The third-order valence-electron chi connectivity index (χ3n) is 3.38. The third kappa shape index (κ3) is 2.97. The highest BCUT2D eigenvalue weighted by Crippen LogP contribution is 2.24. The van der Waals surface area contributed by atoms with Crippen LogP contribution >= 0.6 is 0 Å². The van der Waals surface area contributed by atoms with E-state index in [1.807, 2.05) is 0 Å². The topological polar surface area (TPSA) is 94.1 Å². The van der Waals surface area contributed by atoms with Gasteiger partial charge in [-0.1, -0.05) is 6.92 Å². The van der Waals surface area contributed by atoms with Crippen molar-refractivity contribution in [3.63, 3.8) is 0 Å². The fourth-order valence-corrected chi connectivity index (χ4v) is 2.15. The molecule has 108 valence electrons. The van der Waals surface area contributed by atoms with Gasteiger partial charge >= 0.3 is 0 Å². The lowest BCUT2D eigenvalue weighted by Gasteiger charge is -2.17. The molecule has 2 heterocycles. The molecule has 1 unspecified atom stereocenters. The van der Waals surface area contributed by atoms with Crippen LogP contribution in [0, 0.1) is 6.92 Å². The summed E-state index contributed by atoms with van der Waals surface area (Å²) >= 11 is 0. The summed E-state index contributed by atoms with van der Waals surface area (Å²) in [5.41, 5.74) is 1.88. The molecule has 0 amide bonds. The number of aryl methyl sites for hydroxylation is 1. The van der Waals surface area contributed by atoms with E-state index in [-0.39, 0.29) is 18.4 Å². The number of aromatic nitrogens is 3. The standard InChI is InChI=1S/C14H20N4O2/c1-3-12(14-15-4-5-16-14)18-7-11-10(8-19)6-17-9(2)13(11)20/h4-6,12,18-20H,3,7-8H2,1-2H3,(H,15,16). The molecule has 0 aromatic carbocycles. The number of aromatic hydroxyl groups is 1. The Balaban J connectivity index is 2.16. The highest BCUT2D eigenvalue weighted by molar-refractivity contribution is 5.40. The Bertz CT molecular complexity index is 555. The quantitative estimate of drug-likeness (QED) is 0.642. The van der Waals surface area contributed by atoms with Crippen molar-refractivity contribution in [1.29, 1.82) is 0 Å². The Morgan fingerprint density at radius 1 is 1.40 bits per heavy atom. The summed E-state index contributed by atoms with van der Waals surface area (Å²) in [6, 6.07) is 0.0735. The summed E-state index contributed by atoms with van der Waals surface area (Å²) in [5.74, 6) is 1.00. The number of pyridine rings is 1. The van der Waals surface area contributed by atoms with Gasteiger partial charge in [0.05, 0.1) is 18.3 Å².